The molecule has 2 rings (SSSR count). The highest BCUT2D eigenvalue weighted by molar-refractivity contribution is 4.96. The minimum absolute atomic E-state index is 0.543. The summed E-state index contributed by atoms with van der Waals surface area (Å²) in [6.45, 7) is 6.83. The van der Waals surface area contributed by atoms with E-state index in [4.69, 9.17) is 0 Å². The van der Waals surface area contributed by atoms with Gasteiger partial charge in [0.25, 0.3) is 0 Å². The number of aliphatic hydroxyl groups is 1. The lowest BCUT2D eigenvalue weighted by atomic mass is 10.1. The topological polar surface area (TPSA) is 35.5 Å². The summed E-state index contributed by atoms with van der Waals surface area (Å²) in [5.41, 5.74) is -0.543. The van der Waals surface area contributed by atoms with Gasteiger partial charge in [-0.1, -0.05) is 0 Å². The molecule has 3 heteroatoms. The van der Waals surface area contributed by atoms with Gasteiger partial charge in [0.05, 0.1) is 5.60 Å². The molecule has 2 atom stereocenters. The third kappa shape index (κ3) is 2.03. The van der Waals surface area contributed by atoms with Crippen LogP contribution in [0.3, 0.4) is 0 Å². The minimum atomic E-state index is -0.543. The molecule has 0 aromatic heterocycles. The number of fused-ring (bicyclic) bond motifs is 2. The number of nitrogens with one attached hydrogen (secondary N) is 1. The maximum absolute atomic E-state index is 9.77. The van der Waals surface area contributed by atoms with Crippen LogP contribution in [0, 0.1) is 0 Å². The van der Waals surface area contributed by atoms with E-state index in [1.54, 1.807) is 0 Å². The van der Waals surface area contributed by atoms with Gasteiger partial charge in [0.2, 0.25) is 0 Å². The molecule has 2 aliphatic rings. The quantitative estimate of drug-likeness (QED) is 0.643. The Morgan fingerprint density at radius 2 is 1.85 bits per heavy atom. The Labute approximate surface area is 80.1 Å². The maximum atomic E-state index is 9.77. The predicted octanol–water partition coefficient (Wildman–Crippen LogP) is 0.193. The Kier molecular flexibility index (Phi) is 2.34. The predicted molar refractivity (Wildman–Crippen MR) is 52.7 cm³/mol. The molecule has 2 fully saturated rings. The fourth-order valence-electron chi connectivity index (χ4n) is 2.57. The number of nitrogens with zero attached hydrogens (tertiary/aromatic N) is 1. The van der Waals surface area contributed by atoms with Gasteiger partial charge in [-0.2, -0.15) is 0 Å². The molecule has 0 aromatic carbocycles. The molecule has 0 radical (unpaired) electrons. The van der Waals surface area contributed by atoms with Crippen molar-refractivity contribution in [3.05, 3.63) is 0 Å². The molecule has 0 spiro atoms. The van der Waals surface area contributed by atoms with Crippen molar-refractivity contribution in [2.75, 3.05) is 19.6 Å². The molecule has 3 nitrogen and oxygen atoms in total. The molecule has 2 saturated heterocycles. The third-order valence-corrected chi connectivity index (χ3v) is 3.10. The Morgan fingerprint density at radius 1 is 1.31 bits per heavy atom. The Balaban J connectivity index is 1.99. The summed E-state index contributed by atoms with van der Waals surface area (Å²) in [7, 11) is 0. The van der Waals surface area contributed by atoms with Crippen molar-refractivity contribution in [3.8, 4) is 0 Å². The van der Waals surface area contributed by atoms with Crippen molar-refractivity contribution in [2.45, 2.75) is 44.4 Å². The summed E-state index contributed by atoms with van der Waals surface area (Å²) in [5, 5.41) is 13.2. The van der Waals surface area contributed by atoms with E-state index >= 15 is 0 Å². The molecule has 2 heterocycles. The van der Waals surface area contributed by atoms with Crippen molar-refractivity contribution >= 4 is 0 Å². The zero-order valence-corrected chi connectivity index (χ0v) is 8.58. The summed E-state index contributed by atoms with van der Waals surface area (Å²) in [4.78, 5) is 2.48. The van der Waals surface area contributed by atoms with E-state index in [9.17, 15) is 5.11 Å². The molecular weight excluding hydrogens is 164 g/mol. The van der Waals surface area contributed by atoms with Gasteiger partial charge >= 0.3 is 0 Å². The summed E-state index contributed by atoms with van der Waals surface area (Å²) < 4.78 is 0. The minimum Gasteiger partial charge on any atom is -0.389 e. The van der Waals surface area contributed by atoms with E-state index in [-0.39, 0.29) is 0 Å². The van der Waals surface area contributed by atoms with Crippen molar-refractivity contribution in [1.82, 2.24) is 10.2 Å². The maximum Gasteiger partial charge on any atom is 0.0718 e. The molecular formula is C10H20N2O. The van der Waals surface area contributed by atoms with Crippen LogP contribution in [0.5, 0.6) is 0 Å². The zero-order valence-electron chi connectivity index (χ0n) is 8.58. The van der Waals surface area contributed by atoms with Gasteiger partial charge in [-0.3, -0.25) is 4.90 Å². The van der Waals surface area contributed by atoms with Gasteiger partial charge in [0.15, 0.2) is 0 Å². The van der Waals surface area contributed by atoms with Gasteiger partial charge in [-0.05, 0) is 26.7 Å². The summed E-state index contributed by atoms with van der Waals surface area (Å²) in [6, 6.07) is 1.34. The van der Waals surface area contributed by atoms with Crippen LogP contribution < -0.4 is 5.32 Å². The van der Waals surface area contributed by atoms with E-state index in [0.717, 1.165) is 19.6 Å². The van der Waals surface area contributed by atoms with Crippen LogP contribution in [-0.4, -0.2) is 47.3 Å². The molecule has 2 unspecified atom stereocenters. The molecule has 2 N–H and O–H groups in total. The van der Waals surface area contributed by atoms with Crippen LogP contribution in [0.15, 0.2) is 0 Å². The Bertz CT molecular complexity index is 172. The lowest BCUT2D eigenvalue weighted by molar-refractivity contribution is 0.0104. The van der Waals surface area contributed by atoms with Crippen LogP contribution in [0.2, 0.25) is 0 Å². The van der Waals surface area contributed by atoms with Gasteiger partial charge in [-0.25, -0.2) is 0 Å². The summed E-state index contributed by atoms with van der Waals surface area (Å²) in [6.07, 6.45) is 2.60. The Morgan fingerprint density at radius 3 is 2.31 bits per heavy atom. The summed E-state index contributed by atoms with van der Waals surface area (Å²) in [5.74, 6) is 0. The molecule has 0 aromatic rings. The van der Waals surface area contributed by atoms with E-state index in [2.05, 4.69) is 10.2 Å². The lowest BCUT2D eigenvalue weighted by Crippen LogP contribution is -2.55. The number of hydrogen-bond donors (Lipinski definition) is 2. The van der Waals surface area contributed by atoms with Gasteiger partial charge < -0.3 is 10.4 Å². The zero-order chi connectivity index (χ0) is 9.47. The van der Waals surface area contributed by atoms with Crippen molar-refractivity contribution in [3.63, 3.8) is 0 Å². The Hall–Kier alpha value is -0.120. The monoisotopic (exact) mass is 184 g/mol. The van der Waals surface area contributed by atoms with E-state index < -0.39 is 5.60 Å². The average Bonchev–Trinajstić information content (AvgIpc) is 2.29. The number of hydrogen-bond acceptors (Lipinski definition) is 3. The second-order valence-corrected chi connectivity index (χ2v) is 5.03. The molecule has 0 saturated carbocycles. The highest BCUT2D eigenvalue weighted by Gasteiger charge is 2.38. The van der Waals surface area contributed by atoms with Crippen molar-refractivity contribution in [1.29, 1.82) is 0 Å². The molecule has 0 amide bonds. The number of piperazine rings is 1. The normalized spacial score (nSPS) is 35.3. The van der Waals surface area contributed by atoms with Crippen molar-refractivity contribution < 1.29 is 5.11 Å². The molecule has 0 aliphatic carbocycles. The first-order chi connectivity index (χ1) is 6.06. The second kappa shape index (κ2) is 3.23. The standard InChI is InChI=1S/C10H20N2O/c1-10(2,13)7-12-8-3-4-9(12)6-11-5-8/h8-9,11,13H,3-7H2,1-2H3. The average molecular weight is 184 g/mol. The van der Waals surface area contributed by atoms with Crippen molar-refractivity contribution in [2.24, 2.45) is 0 Å². The van der Waals surface area contributed by atoms with E-state index in [1.807, 2.05) is 13.8 Å². The van der Waals surface area contributed by atoms with Gasteiger partial charge in [0, 0.05) is 31.7 Å². The smallest absolute Gasteiger partial charge is 0.0718 e. The van der Waals surface area contributed by atoms with Crippen LogP contribution in [0.4, 0.5) is 0 Å². The highest BCUT2D eigenvalue weighted by Crippen LogP contribution is 2.27. The molecule has 2 bridgehead atoms. The lowest BCUT2D eigenvalue weighted by Gasteiger charge is -2.38. The van der Waals surface area contributed by atoms with Crippen LogP contribution in [-0.2, 0) is 0 Å². The highest BCUT2D eigenvalue weighted by atomic mass is 16.3. The fourth-order valence-corrected chi connectivity index (χ4v) is 2.57. The SMILES string of the molecule is CC(C)(O)CN1C2CCC1CNC2. The first-order valence-electron chi connectivity index (χ1n) is 5.25. The van der Waals surface area contributed by atoms with Gasteiger partial charge in [0.1, 0.15) is 0 Å². The number of rotatable bonds is 2. The van der Waals surface area contributed by atoms with Crippen LogP contribution in [0.1, 0.15) is 26.7 Å². The van der Waals surface area contributed by atoms with Crippen LogP contribution >= 0.6 is 0 Å². The van der Waals surface area contributed by atoms with Gasteiger partial charge in [-0.15, -0.1) is 0 Å². The molecule has 2 aliphatic heterocycles. The largest absolute Gasteiger partial charge is 0.389 e. The molecule has 13 heavy (non-hydrogen) atoms. The van der Waals surface area contributed by atoms with E-state index in [0.29, 0.717) is 12.1 Å². The third-order valence-electron chi connectivity index (χ3n) is 3.10. The fraction of sp³-hybridized carbons (Fsp3) is 1.00. The first-order valence-corrected chi connectivity index (χ1v) is 5.25. The second-order valence-electron chi connectivity index (χ2n) is 5.03. The van der Waals surface area contributed by atoms with Crippen LogP contribution in [0.25, 0.3) is 0 Å². The summed E-state index contributed by atoms with van der Waals surface area (Å²) >= 11 is 0. The van der Waals surface area contributed by atoms with E-state index in [1.165, 1.54) is 12.8 Å². The first kappa shape index (κ1) is 9.44. The molecule has 76 valence electrons.